The summed E-state index contributed by atoms with van der Waals surface area (Å²) in [5.41, 5.74) is 0. The van der Waals surface area contributed by atoms with Crippen LogP contribution in [0.4, 0.5) is 4.39 Å². The van der Waals surface area contributed by atoms with Gasteiger partial charge in [-0.25, -0.2) is 0 Å². The van der Waals surface area contributed by atoms with E-state index in [-0.39, 0.29) is 18.0 Å². The minimum atomic E-state index is -0.205. The Kier molecular flexibility index (Phi) is 5.93. The van der Waals surface area contributed by atoms with E-state index in [2.05, 4.69) is 6.92 Å². The molecule has 0 nitrogen and oxygen atoms in total. The van der Waals surface area contributed by atoms with Crippen molar-refractivity contribution in [2.75, 3.05) is 6.67 Å². The molecule has 68 valence electrons. The highest BCUT2D eigenvalue weighted by Crippen LogP contribution is 2.18. The summed E-state index contributed by atoms with van der Waals surface area (Å²) in [5, 5.41) is 0.210. The van der Waals surface area contributed by atoms with Crippen LogP contribution in [0.3, 0.4) is 0 Å². The van der Waals surface area contributed by atoms with E-state index in [4.69, 9.17) is 11.6 Å². The Bertz CT molecular complexity index is 93.6. The van der Waals surface area contributed by atoms with E-state index in [1.165, 1.54) is 0 Å². The van der Waals surface area contributed by atoms with Crippen molar-refractivity contribution in [3.05, 3.63) is 0 Å². The Morgan fingerprint density at radius 2 is 1.73 bits per heavy atom. The van der Waals surface area contributed by atoms with Gasteiger partial charge in [-0.15, -0.1) is 11.6 Å². The molecule has 0 saturated heterocycles. The van der Waals surface area contributed by atoms with Crippen molar-refractivity contribution in [2.45, 2.75) is 39.0 Å². The molecule has 0 aromatic heterocycles. The van der Waals surface area contributed by atoms with Crippen LogP contribution < -0.4 is 0 Å². The molecule has 0 rings (SSSR count). The Balaban J connectivity index is 3.37. The maximum Gasteiger partial charge on any atom is 0.0919 e. The summed E-state index contributed by atoms with van der Waals surface area (Å²) in [6, 6.07) is 0. The van der Waals surface area contributed by atoms with Crippen LogP contribution in [0, 0.1) is 11.8 Å². The smallest absolute Gasteiger partial charge is 0.0919 e. The normalized spacial score (nSPS) is 19.4. The number of alkyl halides is 2. The first-order valence-corrected chi connectivity index (χ1v) is 4.71. The SMILES string of the molecule is CC(CF)CCC(C)C(C)Cl. The predicted molar refractivity (Wildman–Crippen MR) is 48.9 cm³/mol. The number of hydrogen-bond donors (Lipinski definition) is 0. The van der Waals surface area contributed by atoms with E-state index in [1.807, 2.05) is 13.8 Å². The molecule has 2 heteroatoms. The average molecular weight is 181 g/mol. The molecule has 0 saturated carbocycles. The van der Waals surface area contributed by atoms with Gasteiger partial charge < -0.3 is 0 Å². The first-order chi connectivity index (χ1) is 5.07. The maximum absolute atomic E-state index is 12.0. The summed E-state index contributed by atoms with van der Waals surface area (Å²) < 4.78 is 12.0. The highest BCUT2D eigenvalue weighted by atomic mass is 35.5. The second kappa shape index (κ2) is 5.82. The first kappa shape index (κ1) is 11.2. The topological polar surface area (TPSA) is 0 Å². The molecule has 0 bridgehead atoms. The van der Waals surface area contributed by atoms with Crippen molar-refractivity contribution in [2.24, 2.45) is 11.8 Å². The molecule has 0 spiro atoms. The van der Waals surface area contributed by atoms with E-state index in [0.717, 1.165) is 12.8 Å². The molecule has 0 amide bonds. The fourth-order valence-corrected chi connectivity index (χ4v) is 0.980. The number of rotatable bonds is 5. The van der Waals surface area contributed by atoms with Gasteiger partial charge in [0, 0.05) is 5.38 Å². The molecule has 0 heterocycles. The lowest BCUT2D eigenvalue weighted by molar-refractivity contribution is 0.338. The molecule has 0 aliphatic heterocycles. The standard InChI is InChI=1S/C9H18ClF/c1-7(6-11)4-5-8(2)9(3)10/h7-9H,4-6H2,1-3H3. The van der Waals surface area contributed by atoms with Crippen LogP contribution in [0.15, 0.2) is 0 Å². The van der Waals surface area contributed by atoms with Crippen LogP contribution >= 0.6 is 11.6 Å². The van der Waals surface area contributed by atoms with Crippen molar-refractivity contribution in [1.82, 2.24) is 0 Å². The minimum absolute atomic E-state index is 0.202. The van der Waals surface area contributed by atoms with Crippen molar-refractivity contribution in [3.63, 3.8) is 0 Å². The zero-order chi connectivity index (χ0) is 8.85. The van der Waals surface area contributed by atoms with Gasteiger partial charge in [-0.2, -0.15) is 0 Å². The molecular weight excluding hydrogens is 163 g/mol. The summed E-state index contributed by atoms with van der Waals surface area (Å²) in [7, 11) is 0. The lowest BCUT2D eigenvalue weighted by Gasteiger charge is -2.14. The molecule has 0 aliphatic rings. The van der Waals surface area contributed by atoms with Gasteiger partial charge in [-0.1, -0.05) is 13.8 Å². The zero-order valence-electron chi connectivity index (χ0n) is 7.61. The Hall–Kier alpha value is 0.220. The first-order valence-electron chi connectivity index (χ1n) is 4.28. The molecule has 11 heavy (non-hydrogen) atoms. The monoisotopic (exact) mass is 180 g/mol. The zero-order valence-corrected chi connectivity index (χ0v) is 8.37. The molecule has 0 N–H and O–H groups in total. The highest BCUT2D eigenvalue weighted by Gasteiger charge is 2.10. The van der Waals surface area contributed by atoms with Gasteiger partial charge in [0.05, 0.1) is 6.67 Å². The Morgan fingerprint density at radius 3 is 2.09 bits per heavy atom. The lowest BCUT2D eigenvalue weighted by atomic mass is 9.97. The third-order valence-electron chi connectivity index (χ3n) is 2.16. The lowest BCUT2D eigenvalue weighted by Crippen LogP contribution is -2.09. The molecule has 3 unspecified atom stereocenters. The second-order valence-electron chi connectivity index (χ2n) is 3.49. The summed E-state index contributed by atoms with van der Waals surface area (Å²) in [6.07, 6.45) is 1.99. The Morgan fingerprint density at radius 1 is 1.18 bits per heavy atom. The fraction of sp³-hybridized carbons (Fsp3) is 1.00. The molecular formula is C9H18ClF. The van der Waals surface area contributed by atoms with E-state index in [1.54, 1.807) is 0 Å². The van der Waals surface area contributed by atoms with E-state index >= 15 is 0 Å². The van der Waals surface area contributed by atoms with Crippen LogP contribution in [0.2, 0.25) is 0 Å². The summed E-state index contributed by atoms with van der Waals surface area (Å²) in [5.74, 6) is 0.707. The third kappa shape index (κ3) is 5.49. The average Bonchev–Trinajstić information content (AvgIpc) is 1.99. The molecule has 0 radical (unpaired) electrons. The molecule has 0 fully saturated rings. The van der Waals surface area contributed by atoms with Gasteiger partial charge in [0.1, 0.15) is 0 Å². The third-order valence-corrected chi connectivity index (χ3v) is 2.59. The molecule has 0 aliphatic carbocycles. The van der Waals surface area contributed by atoms with Crippen LogP contribution in [0.25, 0.3) is 0 Å². The van der Waals surface area contributed by atoms with E-state index in [9.17, 15) is 4.39 Å². The fourth-order valence-electron chi connectivity index (χ4n) is 0.854. The van der Waals surface area contributed by atoms with E-state index in [0.29, 0.717) is 5.92 Å². The van der Waals surface area contributed by atoms with Crippen molar-refractivity contribution >= 4 is 11.6 Å². The van der Waals surface area contributed by atoms with Crippen LogP contribution in [-0.2, 0) is 0 Å². The van der Waals surface area contributed by atoms with Crippen LogP contribution in [0.1, 0.15) is 33.6 Å². The highest BCUT2D eigenvalue weighted by molar-refractivity contribution is 6.20. The largest absolute Gasteiger partial charge is 0.251 e. The van der Waals surface area contributed by atoms with Crippen molar-refractivity contribution in [3.8, 4) is 0 Å². The summed E-state index contributed by atoms with van der Waals surface area (Å²) in [4.78, 5) is 0. The second-order valence-corrected chi connectivity index (χ2v) is 4.18. The van der Waals surface area contributed by atoms with Gasteiger partial charge in [0.2, 0.25) is 0 Å². The predicted octanol–water partition coefficient (Wildman–Crippen LogP) is 3.64. The number of halogens is 2. The summed E-state index contributed by atoms with van der Waals surface area (Å²) >= 11 is 5.86. The van der Waals surface area contributed by atoms with Gasteiger partial charge in [-0.3, -0.25) is 4.39 Å². The van der Waals surface area contributed by atoms with Crippen molar-refractivity contribution < 1.29 is 4.39 Å². The minimum Gasteiger partial charge on any atom is -0.251 e. The van der Waals surface area contributed by atoms with Gasteiger partial charge in [0.25, 0.3) is 0 Å². The summed E-state index contributed by atoms with van der Waals surface area (Å²) in [6.45, 7) is 5.84. The quantitative estimate of drug-likeness (QED) is 0.567. The van der Waals surface area contributed by atoms with Gasteiger partial charge >= 0.3 is 0 Å². The molecule has 0 aromatic rings. The van der Waals surface area contributed by atoms with Gasteiger partial charge in [0.15, 0.2) is 0 Å². The van der Waals surface area contributed by atoms with E-state index < -0.39 is 0 Å². The molecule has 3 atom stereocenters. The molecule has 0 aromatic carbocycles. The van der Waals surface area contributed by atoms with Crippen LogP contribution in [-0.4, -0.2) is 12.1 Å². The van der Waals surface area contributed by atoms with Crippen molar-refractivity contribution in [1.29, 1.82) is 0 Å². The Labute approximate surface area is 74.1 Å². The van der Waals surface area contributed by atoms with Gasteiger partial charge in [-0.05, 0) is 31.6 Å². The van der Waals surface area contributed by atoms with Crippen LogP contribution in [0.5, 0.6) is 0 Å². The maximum atomic E-state index is 12.0. The number of hydrogen-bond acceptors (Lipinski definition) is 0.